The van der Waals surface area contributed by atoms with Crippen LogP contribution in [0, 0.1) is 11.8 Å². The van der Waals surface area contributed by atoms with Crippen LogP contribution in [-0.4, -0.2) is 7.05 Å². The van der Waals surface area contributed by atoms with Crippen LogP contribution in [0.1, 0.15) is 30.5 Å². The Bertz CT molecular complexity index is 471. The summed E-state index contributed by atoms with van der Waals surface area (Å²) in [5.41, 5.74) is -0.0829. The van der Waals surface area contributed by atoms with Gasteiger partial charge in [0.25, 0.3) is 0 Å². The first-order chi connectivity index (χ1) is 8.40. The highest BCUT2D eigenvalue weighted by molar-refractivity contribution is 9.10. The van der Waals surface area contributed by atoms with Gasteiger partial charge in [0, 0.05) is 16.9 Å². The molecule has 1 nitrogen and oxygen atoms in total. The molecule has 0 aliphatic rings. The average Bonchev–Trinajstić information content (AvgIpc) is 2.30. The minimum Gasteiger partial charge on any atom is -0.312 e. The summed E-state index contributed by atoms with van der Waals surface area (Å²) >= 11 is 3.27. The molecule has 5 heteroatoms. The van der Waals surface area contributed by atoms with Crippen molar-refractivity contribution in [2.24, 2.45) is 0 Å². The highest BCUT2D eigenvalue weighted by atomic mass is 79.9. The molecule has 1 rings (SSSR count). The van der Waals surface area contributed by atoms with Gasteiger partial charge in [-0.15, -0.1) is 11.8 Å². The Morgan fingerprint density at radius 2 is 2.06 bits per heavy atom. The van der Waals surface area contributed by atoms with Crippen molar-refractivity contribution in [3.63, 3.8) is 0 Å². The van der Waals surface area contributed by atoms with E-state index in [0.29, 0.717) is 16.5 Å². The minimum absolute atomic E-state index is 0.228. The lowest BCUT2D eigenvalue weighted by atomic mass is 10.0. The minimum atomic E-state index is -4.33. The number of benzene rings is 1. The first kappa shape index (κ1) is 15.1. The molecule has 1 aromatic rings. The highest BCUT2D eigenvalue weighted by Crippen LogP contribution is 2.34. The van der Waals surface area contributed by atoms with E-state index in [4.69, 9.17) is 0 Å². The maximum atomic E-state index is 12.7. The van der Waals surface area contributed by atoms with Crippen LogP contribution in [0.5, 0.6) is 0 Å². The molecule has 1 atom stereocenters. The van der Waals surface area contributed by atoms with E-state index in [1.54, 1.807) is 14.0 Å². The second-order valence-electron chi connectivity index (χ2n) is 3.71. The van der Waals surface area contributed by atoms with Crippen LogP contribution < -0.4 is 5.32 Å². The SMILES string of the molecule is CC#CCC(NC)c1cc(C(F)(F)F)ccc1Br. The highest BCUT2D eigenvalue weighted by Gasteiger charge is 2.31. The first-order valence-electron chi connectivity index (χ1n) is 5.33. The normalized spacial score (nSPS) is 12.8. The Kier molecular flexibility index (Phi) is 5.24. The molecular formula is C13H13BrF3N. The number of alkyl halides is 3. The Labute approximate surface area is 113 Å². The Morgan fingerprint density at radius 1 is 1.39 bits per heavy atom. The van der Waals surface area contributed by atoms with Crippen molar-refractivity contribution in [2.75, 3.05) is 7.05 Å². The standard InChI is InChI=1S/C13H13BrF3N/c1-3-4-5-12(18-2)10-8-9(13(15,16)17)6-7-11(10)14/h6-8,12,18H,5H2,1-2H3. The predicted octanol–water partition coefficient (Wildman–Crippen LogP) is 4.14. The molecule has 0 saturated heterocycles. The lowest BCUT2D eigenvalue weighted by molar-refractivity contribution is -0.137. The molecule has 1 unspecified atom stereocenters. The van der Waals surface area contributed by atoms with E-state index in [0.717, 1.165) is 12.1 Å². The summed E-state index contributed by atoms with van der Waals surface area (Å²) in [6, 6.07) is 3.41. The lowest BCUT2D eigenvalue weighted by Gasteiger charge is -2.17. The molecule has 0 spiro atoms. The van der Waals surface area contributed by atoms with E-state index >= 15 is 0 Å². The van der Waals surface area contributed by atoms with E-state index in [1.807, 2.05) is 0 Å². The summed E-state index contributed by atoms with van der Waals surface area (Å²) in [4.78, 5) is 0. The third kappa shape index (κ3) is 3.76. The Balaban J connectivity index is 3.15. The fraction of sp³-hybridized carbons (Fsp3) is 0.385. The number of halogens is 4. The van der Waals surface area contributed by atoms with Crippen molar-refractivity contribution in [1.29, 1.82) is 0 Å². The van der Waals surface area contributed by atoms with Gasteiger partial charge in [-0.1, -0.05) is 15.9 Å². The van der Waals surface area contributed by atoms with Crippen molar-refractivity contribution in [1.82, 2.24) is 5.32 Å². The lowest BCUT2D eigenvalue weighted by Crippen LogP contribution is -2.17. The van der Waals surface area contributed by atoms with Gasteiger partial charge in [-0.2, -0.15) is 13.2 Å². The average molecular weight is 320 g/mol. The Morgan fingerprint density at radius 3 is 2.56 bits per heavy atom. The van der Waals surface area contributed by atoms with Crippen LogP contribution in [0.4, 0.5) is 13.2 Å². The van der Waals surface area contributed by atoms with Crippen LogP contribution in [0.3, 0.4) is 0 Å². The summed E-state index contributed by atoms with van der Waals surface area (Å²) in [7, 11) is 1.70. The second kappa shape index (κ2) is 6.26. The summed E-state index contributed by atoms with van der Waals surface area (Å²) in [5.74, 6) is 5.61. The molecular weight excluding hydrogens is 307 g/mol. The maximum absolute atomic E-state index is 12.7. The summed E-state index contributed by atoms with van der Waals surface area (Å²) in [5, 5.41) is 2.97. The van der Waals surface area contributed by atoms with Gasteiger partial charge in [0.05, 0.1) is 5.56 Å². The number of hydrogen-bond donors (Lipinski definition) is 1. The molecule has 0 radical (unpaired) electrons. The predicted molar refractivity (Wildman–Crippen MR) is 69.0 cm³/mol. The molecule has 98 valence electrons. The quantitative estimate of drug-likeness (QED) is 0.825. The van der Waals surface area contributed by atoms with Crippen LogP contribution in [0.15, 0.2) is 22.7 Å². The molecule has 0 bridgehead atoms. The van der Waals surface area contributed by atoms with Crippen molar-refractivity contribution in [3.8, 4) is 11.8 Å². The van der Waals surface area contributed by atoms with Crippen molar-refractivity contribution < 1.29 is 13.2 Å². The largest absolute Gasteiger partial charge is 0.416 e. The van der Waals surface area contributed by atoms with E-state index < -0.39 is 11.7 Å². The van der Waals surface area contributed by atoms with Crippen LogP contribution in [0.25, 0.3) is 0 Å². The van der Waals surface area contributed by atoms with Gasteiger partial charge in [-0.3, -0.25) is 0 Å². The van der Waals surface area contributed by atoms with Crippen molar-refractivity contribution in [3.05, 3.63) is 33.8 Å². The van der Waals surface area contributed by atoms with Gasteiger partial charge in [-0.05, 0) is 37.7 Å². The van der Waals surface area contributed by atoms with Crippen LogP contribution in [0.2, 0.25) is 0 Å². The van der Waals surface area contributed by atoms with Gasteiger partial charge in [0.15, 0.2) is 0 Å². The first-order valence-corrected chi connectivity index (χ1v) is 6.13. The number of nitrogens with one attached hydrogen (secondary N) is 1. The molecule has 0 aromatic heterocycles. The third-order valence-electron chi connectivity index (χ3n) is 2.53. The molecule has 0 aliphatic carbocycles. The molecule has 1 aromatic carbocycles. The van der Waals surface area contributed by atoms with Crippen LogP contribution in [-0.2, 0) is 6.18 Å². The van der Waals surface area contributed by atoms with Gasteiger partial charge < -0.3 is 5.32 Å². The van der Waals surface area contributed by atoms with Crippen molar-refractivity contribution in [2.45, 2.75) is 25.6 Å². The smallest absolute Gasteiger partial charge is 0.312 e. The molecule has 0 saturated carbocycles. The van der Waals surface area contributed by atoms with Gasteiger partial charge in [-0.25, -0.2) is 0 Å². The molecule has 0 fully saturated rings. The summed E-state index contributed by atoms with van der Waals surface area (Å²) < 4.78 is 38.6. The molecule has 0 heterocycles. The summed E-state index contributed by atoms with van der Waals surface area (Å²) in [6.07, 6.45) is -3.86. The zero-order valence-corrected chi connectivity index (χ0v) is 11.6. The van der Waals surface area contributed by atoms with Gasteiger partial charge in [0.2, 0.25) is 0 Å². The molecule has 1 N–H and O–H groups in total. The zero-order valence-electron chi connectivity index (χ0n) is 10.0. The fourth-order valence-electron chi connectivity index (χ4n) is 1.56. The summed E-state index contributed by atoms with van der Waals surface area (Å²) in [6.45, 7) is 1.70. The number of rotatable bonds is 3. The molecule has 0 amide bonds. The Hall–Kier alpha value is -0.990. The van der Waals surface area contributed by atoms with Crippen LogP contribution >= 0.6 is 15.9 Å². The maximum Gasteiger partial charge on any atom is 0.416 e. The molecule has 0 aliphatic heterocycles. The number of hydrogen-bond acceptors (Lipinski definition) is 1. The molecule has 18 heavy (non-hydrogen) atoms. The monoisotopic (exact) mass is 319 g/mol. The van der Waals surface area contributed by atoms with E-state index in [-0.39, 0.29) is 6.04 Å². The topological polar surface area (TPSA) is 12.0 Å². The third-order valence-corrected chi connectivity index (χ3v) is 3.25. The van der Waals surface area contributed by atoms with E-state index in [9.17, 15) is 13.2 Å². The van der Waals surface area contributed by atoms with E-state index in [1.165, 1.54) is 6.07 Å². The van der Waals surface area contributed by atoms with Gasteiger partial charge in [0.1, 0.15) is 0 Å². The van der Waals surface area contributed by atoms with E-state index in [2.05, 4.69) is 33.1 Å². The fourth-order valence-corrected chi connectivity index (χ4v) is 2.08. The van der Waals surface area contributed by atoms with Gasteiger partial charge >= 0.3 is 6.18 Å². The second-order valence-corrected chi connectivity index (χ2v) is 4.56. The van der Waals surface area contributed by atoms with Crippen molar-refractivity contribution >= 4 is 15.9 Å². The zero-order chi connectivity index (χ0) is 13.8.